The van der Waals surface area contributed by atoms with Crippen LogP contribution in [0.15, 0.2) is 61.1 Å². The second-order valence-corrected chi connectivity index (χ2v) is 5.86. The predicted octanol–water partition coefficient (Wildman–Crippen LogP) is 4.42. The zero-order chi connectivity index (χ0) is 17.9. The highest BCUT2D eigenvalue weighted by Crippen LogP contribution is 2.32. The van der Waals surface area contributed by atoms with Crippen LogP contribution >= 0.6 is 0 Å². The minimum absolute atomic E-state index is 0.799. The van der Waals surface area contributed by atoms with E-state index >= 15 is 0 Å². The van der Waals surface area contributed by atoms with E-state index in [0.29, 0.717) is 0 Å². The van der Waals surface area contributed by atoms with Crippen LogP contribution in [-0.2, 0) is 0 Å². The van der Waals surface area contributed by atoms with Gasteiger partial charge in [-0.2, -0.15) is 0 Å². The number of nitrogens with one attached hydrogen (secondary N) is 3. The molecule has 0 radical (unpaired) electrons. The molecular weight excluding hydrogens is 326 g/mol. The van der Waals surface area contributed by atoms with Crippen molar-refractivity contribution in [2.24, 2.45) is 0 Å². The average Bonchev–Trinajstić information content (AvgIpc) is 3.14. The van der Waals surface area contributed by atoms with Gasteiger partial charge in [0.15, 0.2) is 0 Å². The van der Waals surface area contributed by atoms with Crippen LogP contribution in [0.5, 0.6) is 5.75 Å². The summed E-state index contributed by atoms with van der Waals surface area (Å²) in [4.78, 5) is 12.0. The van der Waals surface area contributed by atoms with Crippen molar-refractivity contribution in [3.05, 3.63) is 61.1 Å². The van der Waals surface area contributed by atoms with Crippen molar-refractivity contribution in [2.45, 2.75) is 0 Å². The number of hydrogen-bond donors (Lipinski definition) is 3. The number of H-pyrrole nitrogens is 1. The van der Waals surface area contributed by atoms with Gasteiger partial charge in [-0.05, 0) is 36.4 Å². The van der Waals surface area contributed by atoms with Gasteiger partial charge in [-0.15, -0.1) is 0 Å². The summed E-state index contributed by atoms with van der Waals surface area (Å²) in [6.07, 6.45) is 5.29. The molecule has 0 spiro atoms. The van der Waals surface area contributed by atoms with E-state index in [1.54, 1.807) is 25.7 Å². The molecule has 0 saturated heterocycles. The van der Waals surface area contributed by atoms with Gasteiger partial charge in [0.1, 0.15) is 11.6 Å². The summed E-state index contributed by atoms with van der Waals surface area (Å²) < 4.78 is 5.41. The lowest BCUT2D eigenvalue weighted by Crippen LogP contribution is -1.93. The van der Waals surface area contributed by atoms with Crippen LogP contribution in [0.1, 0.15) is 0 Å². The first kappa shape index (κ1) is 16.0. The van der Waals surface area contributed by atoms with E-state index in [-0.39, 0.29) is 0 Å². The number of pyridine rings is 2. The minimum Gasteiger partial charge on any atom is -0.497 e. The molecule has 4 aromatic rings. The number of nitrogens with zero attached hydrogens (tertiary/aromatic N) is 2. The van der Waals surface area contributed by atoms with E-state index < -0.39 is 0 Å². The molecule has 0 aliphatic rings. The van der Waals surface area contributed by atoms with Crippen LogP contribution in [0, 0.1) is 0 Å². The number of anilines is 3. The van der Waals surface area contributed by atoms with Crippen molar-refractivity contribution < 1.29 is 4.74 Å². The number of aromatic amines is 1. The van der Waals surface area contributed by atoms with Crippen molar-refractivity contribution >= 4 is 28.1 Å². The third-order valence-electron chi connectivity index (χ3n) is 4.23. The molecular formula is C20H19N5O. The van der Waals surface area contributed by atoms with Gasteiger partial charge in [-0.25, -0.2) is 4.98 Å². The molecule has 6 nitrogen and oxygen atoms in total. The Labute approximate surface area is 151 Å². The maximum Gasteiger partial charge on any atom is 0.139 e. The number of hydrogen-bond acceptors (Lipinski definition) is 5. The molecule has 0 fully saturated rings. The SMILES string of the molecule is CNc1cc(OC)cc(-c2cc3c(Nc4ccncc4)nccc3[nH]2)c1. The summed E-state index contributed by atoms with van der Waals surface area (Å²) in [5.74, 6) is 1.60. The topological polar surface area (TPSA) is 74.9 Å². The Morgan fingerprint density at radius 2 is 1.81 bits per heavy atom. The van der Waals surface area contributed by atoms with Gasteiger partial charge in [-0.3, -0.25) is 4.98 Å². The lowest BCUT2D eigenvalue weighted by molar-refractivity contribution is 0.415. The predicted molar refractivity (Wildman–Crippen MR) is 105 cm³/mol. The Hall–Kier alpha value is -3.54. The highest BCUT2D eigenvalue weighted by Gasteiger charge is 2.10. The van der Waals surface area contributed by atoms with Crippen LogP contribution in [0.3, 0.4) is 0 Å². The summed E-state index contributed by atoms with van der Waals surface area (Å²) in [5.41, 5.74) is 4.99. The lowest BCUT2D eigenvalue weighted by atomic mass is 10.1. The highest BCUT2D eigenvalue weighted by molar-refractivity contribution is 5.95. The molecule has 0 unspecified atom stereocenters. The molecule has 0 aliphatic heterocycles. The largest absolute Gasteiger partial charge is 0.497 e. The molecule has 0 amide bonds. The molecule has 3 N–H and O–H groups in total. The smallest absolute Gasteiger partial charge is 0.139 e. The molecule has 3 heterocycles. The molecule has 0 aliphatic carbocycles. The zero-order valence-electron chi connectivity index (χ0n) is 14.6. The maximum atomic E-state index is 5.41. The fourth-order valence-corrected chi connectivity index (χ4v) is 2.90. The monoisotopic (exact) mass is 345 g/mol. The molecule has 26 heavy (non-hydrogen) atoms. The normalized spacial score (nSPS) is 10.7. The number of rotatable bonds is 5. The van der Waals surface area contributed by atoms with Crippen molar-refractivity contribution in [1.82, 2.24) is 15.0 Å². The Balaban J connectivity index is 1.78. The molecule has 130 valence electrons. The van der Waals surface area contributed by atoms with E-state index in [1.807, 2.05) is 37.4 Å². The number of methoxy groups -OCH3 is 1. The number of aromatic nitrogens is 3. The van der Waals surface area contributed by atoms with Gasteiger partial charge < -0.3 is 20.4 Å². The Bertz CT molecular complexity index is 1020. The zero-order valence-corrected chi connectivity index (χ0v) is 14.6. The van der Waals surface area contributed by atoms with Crippen LogP contribution in [0.2, 0.25) is 0 Å². The molecule has 6 heteroatoms. The Morgan fingerprint density at radius 3 is 2.58 bits per heavy atom. The Morgan fingerprint density at radius 1 is 0.962 bits per heavy atom. The summed E-state index contributed by atoms with van der Waals surface area (Å²) in [6.45, 7) is 0. The number of benzene rings is 1. The lowest BCUT2D eigenvalue weighted by Gasteiger charge is -2.07. The second-order valence-electron chi connectivity index (χ2n) is 5.86. The molecule has 4 rings (SSSR count). The van der Waals surface area contributed by atoms with Crippen molar-refractivity contribution in [2.75, 3.05) is 24.8 Å². The van der Waals surface area contributed by atoms with Gasteiger partial charge in [0.25, 0.3) is 0 Å². The maximum absolute atomic E-state index is 5.41. The van der Waals surface area contributed by atoms with Crippen LogP contribution in [-0.4, -0.2) is 29.1 Å². The van der Waals surface area contributed by atoms with E-state index in [1.165, 1.54) is 0 Å². The van der Waals surface area contributed by atoms with E-state index in [9.17, 15) is 0 Å². The fraction of sp³-hybridized carbons (Fsp3) is 0.100. The van der Waals surface area contributed by atoms with Crippen LogP contribution in [0.4, 0.5) is 17.2 Å². The van der Waals surface area contributed by atoms with E-state index in [2.05, 4.69) is 37.7 Å². The summed E-state index contributed by atoms with van der Waals surface area (Å²) in [5, 5.41) is 7.54. The van der Waals surface area contributed by atoms with Gasteiger partial charge in [0.05, 0.1) is 12.6 Å². The highest BCUT2D eigenvalue weighted by atomic mass is 16.5. The van der Waals surface area contributed by atoms with E-state index in [4.69, 9.17) is 4.74 Å². The first-order chi connectivity index (χ1) is 12.8. The van der Waals surface area contributed by atoms with E-state index in [0.717, 1.165) is 45.1 Å². The van der Waals surface area contributed by atoms with Crippen molar-refractivity contribution in [1.29, 1.82) is 0 Å². The second kappa shape index (κ2) is 6.76. The standard InChI is InChI=1S/C20H19N5O/c1-21-15-9-13(10-16(11-15)26-2)19-12-17-18(25-19)5-8-23-20(17)24-14-3-6-22-7-4-14/h3-12,21,25H,1-2H3,(H,22,23,24). The first-order valence-electron chi connectivity index (χ1n) is 8.29. The van der Waals surface area contributed by atoms with Crippen molar-refractivity contribution in [3.63, 3.8) is 0 Å². The average molecular weight is 345 g/mol. The van der Waals surface area contributed by atoms with Crippen LogP contribution < -0.4 is 15.4 Å². The third kappa shape index (κ3) is 3.04. The third-order valence-corrected chi connectivity index (χ3v) is 4.23. The summed E-state index contributed by atoms with van der Waals surface area (Å²) >= 11 is 0. The molecule has 0 atom stereocenters. The molecule has 3 aromatic heterocycles. The van der Waals surface area contributed by atoms with Crippen molar-refractivity contribution in [3.8, 4) is 17.0 Å². The number of ether oxygens (including phenoxy) is 1. The van der Waals surface area contributed by atoms with Gasteiger partial charge in [0.2, 0.25) is 0 Å². The Kier molecular flexibility index (Phi) is 4.15. The quantitative estimate of drug-likeness (QED) is 0.499. The summed E-state index contributed by atoms with van der Waals surface area (Å²) in [7, 11) is 3.56. The van der Waals surface area contributed by atoms with Gasteiger partial charge in [-0.1, -0.05) is 0 Å². The first-order valence-corrected chi connectivity index (χ1v) is 8.29. The fourth-order valence-electron chi connectivity index (χ4n) is 2.90. The molecule has 0 bridgehead atoms. The van der Waals surface area contributed by atoms with Crippen LogP contribution in [0.25, 0.3) is 22.2 Å². The molecule has 0 saturated carbocycles. The molecule has 1 aromatic carbocycles. The number of fused-ring (bicyclic) bond motifs is 1. The van der Waals surface area contributed by atoms with Gasteiger partial charge >= 0.3 is 0 Å². The van der Waals surface area contributed by atoms with Gasteiger partial charge in [0, 0.05) is 59.7 Å². The summed E-state index contributed by atoms with van der Waals surface area (Å²) in [6, 6.07) is 13.9. The minimum atomic E-state index is 0.799.